The van der Waals surface area contributed by atoms with Crippen LogP contribution >= 0.6 is 20.9 Å². The van der Waals surface area contributed by atoms with E-state index in [0.717, 1.165) is 80.5 Å². The molecule has 2 heterocycles. The summed E-state index contributed by atoms with van der Waals surface area (Å²) >= 11 is 0. The second-order valence-corrected chi connectivity index (χ2v) is 27.6. The van der Waals surface area contributed by atoms with Crippen LogP contribution in [0.1, 0.15) is 5.56 Å². The molecule has 0 aliphatic heterocycles. The molecule has 0 bridgehead atoms. The summed E-state index contributed by atoms with van der Waals surface area (Å²) in [4.78, 5) is 5.45. The Balaban J connectivity index is 0.000000121. The zero-order valence-corrected chi connectivity index (χ0v) is 49.2. The summed E-state index contributed by atoms with van der Waals surface area (Å²) in [5.74, 6) is -5.08. The first-order valence-electron chi connectivity index (χ1n) is 27.1. The molecule has 0 radical (unpaired) electrons. The smallest absolute Gasteiger partial charge is 0.207 e. The molecule has 15 heteroatoms. The van der Waals surface area contributed by atoms with Crippen molar-refractivity contribution in [3.63, 3.8) is 0 Å². The lowest BCUT2D eigenvalue weighted by Crippen LogP contribution is -2.07. The van der Waals surface area contributed by atoms with Crippen LogP contribution in [0.5, 0.6) is 0 Å². The van der Waals surface area contributed by atoms with Gasteiger partial charge in [0.05, 0.1) is 27.4 Å². The van der Waals surface area contributed by atoms with Crippen LogP contribution in [0.15, 0.2) is 314 Å². The fourth-order valence-corrected chi connectivity index (χ4v) is 19.2. The van der Waals surface area contributed by atoms with E-state index >= 15 is 0 Å². The molecule has 0 nitrogen and oxygen atoms in total. The van der Waals surface area contributed by atoms with Crippen molar-refractivity contribution in [1.82, 2.24) is 0 Å². The quantitative estimate of drug-likeness (QED) is 0.105. The summed E-state index contributed by atoms with van der Waals surface area (Å²) in [5, 5.41) is 4.54. The predicted molar refractivity (Wildman–Crippen MR) is 338 cm³/mol. The highest BCUT2D eigenvalue weighted by Gasteiger charge is 2.34. The molecular formula is C73H47F11S4+4. The maximum Gasteiger partial charge on any atom is 0.416 e. The fraction of sp³-hybridized carbons (Fsp3) is 0.0137. The van der Waals surface area contributed by atoms with Gasteiger partial charge in [0.1, 0.15) is 46.5 Å². The maximum absolute atomic E-state index is 13.6. The molecule has 0 N–H and O–H groups in total. The third kappa shape index (κ3) is 13.9. The number of hydrogen-bond donors (Lipinski definition) is 0. The van der Waals surface area contributed by atoms with Crippen molar-refractivity contribution in [2.24, 2.45) is 0 Å². The molecule has 0 spiro atoms. The van der Waals surface area contributed by atoms with Crippen molar-refractivity contribution >= 4 is 83.1 Å². The second-order valence-electron chi connectivity index (χ2n) is 19.6. The van der Waals surface area contributed by atoms with Gasteiger partial charge in [0.2, 0.25) is 0 Å². The zero-order chi connectivity index (χ0) is 61.5. The van der Waals surface area contributed by atoms with Crippen molar-refractivity contribution in [3.8, 4) is 9.79 Å². The molecular weight excluding hydrogens is 1210 g/mol. The summed E-state index contributed by atoms with van der Waals surface area (Å²) in [5.41, 5.74) is -0.593. The largest absolute Gasteiger partial charge is 0.416 e. The van der Waals surface area contributed by atoms with Crippen molar-refractivity contribution in [1.29, 1.82) is 0 Å². The number of benzene rings is 12. The lowest BCUT2D eigenvalue weighted by atomic mass is 10.2. The number of rotatable bonds is 8. The molecule has 12 aromatic carbocycles. The highest BCUT2D eigenvalue weighted by atomic mass is 32.2. The number of thiophene rings is 2. The summed E-state index contributed by atoms with van der Waals surface area (Å²) in [6.07, 6.45) is -4.32. The third-order valence-electron chi connectivity index (χ3n) is 13.6. The first-order valence-corrected chi connectivity index (χ1v) is 32.0. The average Bonchev–Trinajstić information content (AvgIpc) is 1.64. The number of hydrogen-bond acceptors (Lipinski definition) is 0. The molecule has 14 rings (SSSR count). The lowest BCUT2D eigenvalue weighted by molar-refractivity contribution is -0.137. The number of alkyl halides is 3. The Hall–Kier alpha value is -8.99. The minimum absolute atomic E-state index is 0.318. The van der Waals surface area contributed by atoms with E-state index in [0.29, 0.717) is 29.4 Å². The van der Waals surface area contributed by atoms with Gasteiger partial charge in [-0.3, -0.25) is 0 Å². The fourth-order valence-electron chi connectivity index (χ4n) is 10.1. The highest BCUT2D eigenvalue weighted by molar-refractivity contribution is 7.97. The SMILES string of the molecule is FC(F)(F)c1cccc(-[s+]2c3ccccc3c3ccccc32)c1.Fc1cc(F)cc(-[s+]2c3ccccc3c3ccccc32)c1.Fc1cc(F)cc([S+](c2ccccc2)c2cc(F)cc(F)c2)c1.Fc1cc(F)cc([S+](c2ccccc2)c2ccccc2)c1. The normalized spacial score (nSPS) is 11.3. The van der Waals surface area contributed by atoms with Gasteiger partial charge in [-0.25, -0.2) is 35.1 Å². The van der Waals surface area contributed by atoms with E-state index < -0.39 is 101 Å². The van der Waals surface area contributed by atoms with Crippen LogP contribution in [-0.2, 0) is 28.0 Å². The topological polar surface area (TPSA) is 0 Å². The van der Waals surface area contributed by atoms with Crippen molar-refractivity contribution in [3.05, 3.63) is 337 Å². The van der Waals surface area contributed by atoms with E-state index in [1.165, 1.54) is 60.7 Å². The minimum Gasteiger partial charge on any atom is -0.207 e. The van der Waals surface area contributed by atoms with E-state index in [1.807, 2.05) is 146 Å². The molecule has 0 unspecified atom stereocenters. The summed E-state index contributed by atoms with van der Waals surface area (Å²) < 4.78 is 152. The Bertz CT molecular complexity index is 4460. The van der Waals surface area contributed by atoms with Crippen LogP contribution in [0.25, 0.3) is 50.1 Å². The summed E-state index contributed by atoms with van der Waals surface area (Å²) in [6.45, 7) is 0. The van der Waals surface area contributed by atoms with Crippen LogP contribution in [0, 0.1) is 46.5 Å². The van der Waals surface area contributed by atoms with Gasteiger partial charge >= 0.3 is 6.18 Å². The summed E-state index contributed by atoms with van der Waals surface area (Å²) in [7, 11) is -2.46. The molecule has 436 valence electrons. The van der Waals surface area contributed by atoms with Crippen LogP contribution < -0.4 is 0 Å². The zero-order valence-electron chi connectivity index (χ0n) is 45.9. The Morgan fingerprint density at radius 1 is 0.227 bits per heavy atom. The van der Waals surface area contributed by atoms with Crippen molar-refractivity contribution in [2.75, 3.05) is 0 Å². The molecule has 0 atom stereocenters. The van der Waals surface area contributed by atoms with E-state index in [9.17, 15) is 48.3 Å². The molecule has 0 saturated carbocycles. The standard InChI is InChI=1S/C19H12F3S.C18H11F4S.C18H11F2S.C18H13F2S/c20-19(21,22)13-6-5-7-14(12-13)23-17-10-3-1-8-15(17)16-9-2-4-11-18(16)23;19-12-6-13(20)9-17(8-12)23(16-4-2-1-3-5-16)18-10-14(21)7-15(22)11-18;19-12-9-13(20)11-14(10-12)21-17-7-3-1-5-15(17)16-6-2-4-8-18(16)21;19-14-11-15(20)13-18(12-14)21(16-7-3-1-4-8-16)17-9-5-2-6-10-17/h1-12H;1-11H;1-11H;1-13H/q4*+1. The molecule has 0 fully saturated rings. The first-order chi connectivity index (χ1) is 42.6. The average molecular weight is 1260 g/mol. The molecule has 0 aliphatic rings. The Morgan fingerprint density at radius 3 is 0.795 bits per heavy atom. The van der Waals surface area contributed by atoms with Gasteiger partial charge in [0.15, 0.2) is 58.0 Å². The highest BCUT2D eigenvalue weighted by Crippen LogP contribution is 2.50. The van der Waals surface area contributed by atoms with E-state index in [4.69, 9.17) is 0 Å². The monoisotopic (exact) mass is 1260 g/mol. The molecule has 0 aliphatic carbocycles. The maximum atomic E-state index is 13.6. The minimum atomic E-state index is -4.32. The molecule has 2 aromatic heterocycles. The van der Waals surface area contributed by atoms with Gasteiger partial charge < -0.3 is 0 Å². The number of halogens is 11. The Labute approximate surface area is 510 Å². The van der Waals surface area contributed by atoms with Crippen molar-refractivity contribution in [2.45, 2.75) is 35.5 Å². The van der Waals surface area contributed by atoms with Gasteiger partial charge in [-0.05, 0) is 97.1 Å². The van der Waals surface area contributed by atoms with Gasteiger partial charge in [-0.2, -0.15) is 13.2 Å². The van der Waals surface area contributed by atoms with Crippen molar-refractivity contribution < 1.29 is 48.3 Å². The number of fused-ring (bicyclic) bond motifs is 6. The van der Waals surface area contributed by atoms with Crippen LogP contribution in [0.2, 0.25) is 0 Å². The van der Waals surface area contributed by atoms with E-state index in [1.54, 1.807) is 36.4 Å². The van der Waals surface area contributed by atoms with Crippen LogP contribution in [0.3, 0.4) is 0 Å². The Morgan fingerprint density at radius 2 is 0.489 bits per heavy atom. The lowest BCUT2D eigenvalue weighted by Gasteiger charge is -2.08. The van der Waals surface area contributed by atoms with Crippen LogP contribution in [0.4, 0.5) is 48.3 Å². The van der Waals surface area contributed by atoms with E-state index in [-0.39, 0.29) is 0 Å². The molecule has 0 saturated heterocycles. The van der Waals surface area contributed by atoms with E-state index in [2.05, 4.69) is 12.1 Å². The van der Waals surface area contributed by atoms with Gasteiger partial charge in [0.25, 0.3) is 0 Å². The Kier molecular flexibility index (Phi) is 18.6. The second kappa shape index (κ2) is 27.0. The van der Waals surface area contributed by atoms with Gasteiger partial charge in [0, 0.05) is 121 Å². The van der Waals surface area contributed by atoms with Crippen LogP contribution in [-0.4, -0.2) is 0 Å². The molecule has 88 heavy (non-hydrogen) atoms. The first kappa shape index (κ1) is 60.7. The summed E-state index contributed by atoms with van der Waals surface area (Å²) in [6, 6.07) is 79.9. The third-order valence-corrected chi connectivity index (χ3v) is 22.6. The molecule has 0 amide bonds. The van der Waals surface area contributed by atoms with Gasteiger partial charge in [-0.15, -0.1) is 0 Å². The molecule has 14 aromatic rings. The van der Waals surface area contributed by atoms with Gasteiger partial charge in [-0.1, -0.05) is 109 Å². The predicted octanol–water partition coefficient (Wildman–Crippen LogP) is 23.2.